The first-order valence-corrected chi connectivity index (χ1v) is 7.79. The van der Waals surface area contributed by atoms with Gasteiger partial charge < -0.3 is 9.47 Å². The summed E-state index contributed by atoms with van der Waals surface area (Å²) in [7, 11) is 0. The van der Waals surface area contributed by atoms with Gasteiger partial charge in [0.05, 0.1) is 12.2 Å². The zero-order valence-electron chi connectivity index (χ0n) is 13.7. The van der Waals surface area contributed by atoms with E-state index in [0.717, 1.165) is 29.9 Å². The lowest BCUT2D eigenvalue weighted by molar-refractivity contribution is 0.0665. The Labute approximate surface area is 140 Å². The molecular formula is C20H18O4. The van der Waals surface area contributed by atoms with Crippen LogP contribution in [-0.4, -0.2) is 18.5 Å². The molecule has 0 spiro atoms. The Kier molecular flexibility index (Phi) is 4.24. The Hall–Kier alpha value is -2.84. The number of esters is 1. The molecule has 2 aromatic carbocycles. The second kappa shape index (κ2) is 6.34. The van der Waals surface area contributed by atoms with Crippen LogP contribution >= 0.6 is 0 Å². The van der Waals surface area contributed by atoms with E-state index < -0.39 is 5.97 Å². The van der Waals surface area contributed by atoms with Gasteiger partial charge in [0, 0.05) is 5.56 Å². The molecule has 0 unspecified atom stereocenters. The largest absolute Gasteiger partial charge is 0.493 e. The van der Waals surface area contributed by atoms with Gasteiger partial charge in [-0.25, -0.2) is 9.59 Å². The molecule has 0 saturated carbocycles. The summed E-state index contributed by atoms with van der Waals surface area (Å²) in [4.78, 5) is 21.8. The summed E-state index contributed by atoms with van der Waals surface area (Å²) in [6.45, 7) is 5.18. The third-order valence-electron chi connectivity index (χ3n) is 4.36. The molecule has 0 N–H and O–H groups in total. The average Bonchev–Trinajstić information content (AvgIpc) is 2.59. The number of carbonyl (C=O) groups excluding carboxylic acids is 2. The molecular weight excluding hydrogens is 304 g/mol. The maximum Gasteiger partial charge on any atom is 0.343 e. The first kappa shape index (κ1) is 16.0. The molecule has 0 atom stereocenters. The van der Waals surface area contributed by atoms with Gasteiger partial charge in [-0.1, -0.05) is 32.0 Å². The first-order chi connectivity index (χ1) is 11.5. The maximum atomic E-state index is 11.7. The molecule has 1 aliphatic heterocycles. The number of rotatable bonds is 3. The molecule has 2 aromatic rings. The summed E-state index contributed by atoms with van der Waals surface area (Å²) in [5, 5.41) is 0. The van der Waals surface area contributed by atoms with E-state index in [1.54, 1.807) is 12.1 Å². The highest BCUT2D eigenvalue weighted by molar-refractivity contribution is 5.90. The number of benzene rings is 2. The monoisotopic (exact) mass is 322 g/mol. The highest BCUT2D eigenvalue weighted by Gasteiger charge is 2.28. The summed E-state index contributed by atoms with van der Waals surface area (Å²) in [5.41, 5.74) is 3.73. The fourth-order valence-electron chi connectivity index (χ4n) is 2.86. The lowest BCUT2D eigenvalue weighted by Crippen LogP contribution is -2.26. The standard InChI is InChI=1S/C20H18O4/c1-20(2)9-11-23-18-8-7-16(13-17(18)20)14-3-5-15(6-4-14)19(22)24-12-10-21/h3-8,12-13H,9,11H2,1-2H3. The molecule has 0 amide bonds. The Morgan fingerprint density at radius 3 is 2.58 bits per heavy atom. The van der Waals surface area contributed by atoms with Gasteiger partial charge in [0.15, 0.2) is 12.2 Å². The molecule has 24 heavy (non-hydrogen) atoms. The van der Waals surface area contributed by atoms with Crippen molar-refractivity contribution < 1.29 is 19.1 Å². The van der Waals surface area contributed by atoms with Crippen LogP contribution in [0.1, 0.15) is 36.2 Å². The van der Waals surface area contributed by atoms with Crippen LogP contribution in [0.4, 0.5) is 0 Å². The number of ether oxygens (including phenoxy) is 2. The van der Waals surface area contributed by atoms with Crippen molar-refractivity contribution in [3.63, 3.8) is 0 Å². The summed E-state index contributed by atoms with van der Waals surface area (Å²) < 4.78 is 10.4. The Morgan fingerprint density at radius 1 is 1.17 bits per heavy atom. The quantitative estimate of drug-likeness (QED) is 0.488. The summed E-state index contributed by atoms with van der Waals surface area (Å²) in [5.74, 6) is 1.77. The molecule has 1 aliphatic rings. The van der Waals surface area contributed by atoms with Crippen molar-refractivity contribution in [2.24, 2.45) is 0 Å². The summed E-state index contributed by atoms with van der Waals surface area (Å²) in [6.07, 6.45) is 1.69. The van der Waals surface area contributed by atoms with Gasteiger partial charge >= 0.3 is 5.97 Å². The normalized spacial score (nSPS) is 14.8. The number of hydrogen-bond donors (Lipinski definition) is 0. The van der Waals surface area contributed by atoms with E-state index in [4.69, 9.17) is 4.74 Å². The average molecular weight is 322 g/mol. The van der Waals surface area contributed by atoms with E-state index in [-0.39, 0.29) is 5.41 Å². The minimum atomic E-state index is -0.579. The first-order valence-electron chi connectivity index (χ1n) is 7.79. The van der Waals surface area contributed by atoms with E-state index >= 15 is 0 Å². The zero-order chi connectivity index (χ0) is 17.2. The molecule has 0 fully saturated rings. The van der Waals surface area contributed by atoms with Crippen LogP contribution in [0.2, 0.25) is 0 Å². The van der Waals surface area contributed by atoms with Crippen LogP contribution < -0.4 is 4.74 Å². The van der Waals surface area contributed by atoms with Crippen LogP contribution in [0.25, 0.3) is 11.1 Å². The van der Waals surface area contributed by atoms with Gasteiger partial charge in [-0.2, -0.15) is 0 Å². The summed E-state index contributed by atoms with van der Waals surface area (Å²) >= 11 is 0. The van der Waals surface area contributed by atoms with E-state index in [0.29, 0.717) is 11.8 Å². The predicted octanol–water partition coefficient (Wildman–Crippen LogP) is 3.92. The van der Waals surface area contributed by atoms with Gasteiger partial charge in [0.25, 0.3) is 0 Å². The van der Waals surface area contributed by atoms with E-state index in [1.165, 1.54) is 11.5 Å². The second-order valence-corrected chi connectivity index (χ2v) is 6.41. The zero-order valence-corrected chi connectivity index (χ0v) is 13.7. The summed E-state index contributed by atoms with van der Waals surface area (Å²) in [6, 6.07) is 13.2. The van der Waals surface area contributed by atoms with Gasteiger partial charge in [-0.05, 0) is 47.2 Å². The highest BCUT2D eigenvalue weighted by Crippen LogP contribution is 2.40. The molecule has 4 heteroatoms. The molecule has 122 valence electrons. The van der Waals surface area contributed by atoms with Crippen molar-refractivity contribution >= 4 is 11.9 Å². The highest BCUT2D eigenvalue weighted by atomic mass is 16.5. The molecule has 0 aliphatic carbocycles. The molecule has 4 nitrogen and oxygen atoms in total. The van der Waals surface area contributed by atoms with Crippen LogP contribution in [0.15, 0.2) is 48.7 Å². The van der Waals surface area contributed by atoms with E-state index in [1.807, 2.05) is 24.3 Å². The van der Waals surface area contributed by atoms with Gasteiger partial charge in [0.1, 0.15) is 5.75 Å². The minimum absolute atomic E-state index is 0.0779. The SMILES string of the molecule is CC1(C)CCOc2ccc(-c3ccc(C(=O)OC=C=O)cc3)cc21. The van der Waals surface area contributed by atoms with Crippen molar-refractivity contribution in [2.45, 2.75) is 25.7 Å². The maximum absolute atomic E-state index is 11.7. The molecule has 0 aromatic heterocycles. The van der Waals surface area contributed by atoms with Crippen LogP contribution in [0.5, 0.6) is 5.75 Å². The van der Waals surface area contributed by atoms with Crippen molar-refractivity contribution in [1.29, 1.82) is 0 Å². The Morgan fingerprint density at radius 2 is 1.88 bits per heavy atom. The van der Waals surface area contributed by atoms with Crippen LogP contribution in [0.3, 0.4) is 0 Å². The third kappa shape index (κ3) is 3.10. The lowest BCUT2D eigenvalue weighted by Gasteiger charge is -2.32. The fourth-order valence-corrected chi connectivity index (χ4v) is 2.86. The second-order valence-electron chi connectivity index (χ2n) is 6.41. The van der Waals surface area contributed by atoms with Gasteiger partial charge in [-0.15, -0.1) is 0 Å². The third-order valence-corrected chi connectivity index (χ3v) is 4.36. The molecule has 0 saturated heterocycles. The van der Waals surface area contributed by atoms with Crippen molar-refractivity contribution in [1.82, 2.24) is 0 Å². The van der Waals surface area contributed by atoms with E-state index in [9.17, 15) is 9.59 Å². The van der Waals surface area contributed by atoms with Crippen molar-refractivity contribution in [3.8, 4) is 16.9 Å². The smallest absolute Gasteiger partial charge is 0.343 e. The molecule has 0 bridgehead atoms. The minimum Gasteiger partial charge on any atom is -0.493 e. The molecule has 0 radical (unpaired) electrons. The van der Waals surface area contributed by atoms with Crippen molar-refractivity contribution in [2.75, 3.05) is 6.61 Å². The van der Waals surface area contributed by atoms with Gasteiger partial charge in [0.2, 0.25) is 0 Å². The predicted molar refractivity (Wildman–Crippen MR) is 90.7 cm³/mol. The Balaban J connectivity index is 1.90. The Bertz CT molecular complexity index is 812. The topological polar surface area (TPSA) is 52.6 Å². The van der Waals surface area contributed by atoms with Crippen molar-refractivity contribution in [3.05, 3.63) is 59.9 Å². The van der Waals surface area contributed by atoms with Gasteiger partial charge in [-0.3, -0.25) is 0 Å². The molecule has 1 heterocycles. The number of hydrogen-bond acceptors (Lipinski definition) is 4. The van der Waals surface area contributed by atoms with Crippen LogP contribution in [0, 0.1) is 0 Å². The number of fused-ring (bicyclic) bond motifs is 1. The number of carbonyl (C=O) groups is 1. The van der Waals surface area contributed by atoms with Crippen LogP contribution in [-0.2, 0) is 14.9 Å². The lowest BCUT2D eigenvalue weighted by atomic mass is 9.79. The fraction of sp³-hybridized carbons (Fsp3) is 0.250. The molecule has 3 rings (SSSR count). The van der Waals surface area contributed by atoms with E-state index in [2.05, 4.69) is 24.7 Å².